The van der Waals surface area contributed by atoms with Gasteiger partial charge in [-0.15, -0.1) is 0 Å². The van der Waals surface area contributed by atoms with Crippen molar-refractivity contribution in [2.75, 3.05) is 19.4 Å². The lowest BCUT2D eigenvalue weighted by Gasteiger charge is -2.15. The average Bonchev–Trinajstić information content (AvgIpc) is 2.69. The van der Waals surface area contributed by atoms with Gasteiger partial charge in [0.1, 0.15) is 0 Å². The molecule has 1 atom stereocenters. The standard InChI is InChI=1S/C18H18ClN3O7S/c1-11(17(23)20-16-10-13(22(25)26)6-9-15(16)19)29-18(24)12-4-7-14(8-5-12)30(27,28)21(2)3/h4-11H,1-3H3,(H,20,23)/t11-/m0/s1. The third kappa shape index (κ3) is 5.32. The van der Waals surface area contributed by atoms with Gasteiger partial charge >= 0.3 is 5.97 Å². The van der Waals surface area contributed by atoms with E-state index in [1.165, 1.54) is 57.4 Å². The van der Waals surface area contributed by atoms with Crippen molar-refractivity contribution in [2.45, 2.75) is 17.9 Å². The van der Waals surface area contributed by atoms with Gasteiger partial charge in [0.2, 0.25) is 10.0 Å². The molecule has 0 saturated carbocycles. The molecule has 0 saturated heterocycles. The molecular formula is C18H18ClN3O7S. The van der Waals surface area contributed by atoms with Crippen LogP contribution in [0, 0.1) is 10.1 Å². The van der Waals surface area contributed by atoms with E-state index in [0.717, 1.165) is 10.4 Å². The van der Waals surface area contributed by atoms with Crippen LogP contribution in [0.5, 0.6) is 0 Å². The molecule has 12 heteroatoms. The number of benzene rings is 2. The third-order valence-electron chi connectivity index (χ3n) is 3.94. The molecule has 1 amide bonds. The first-order valence-corrected chi connectivity index (χ1v) is 10.2. The second-order valence-corrected chi connectivity index (χ2v) is 8.83. The Hall–Kier alpha value is -3.02. The van der Waals surface area contributed by atoms with Gasteiger partial charge in [-0.1, -0.05) is 11.6 Å². The number of nitrogens with one attached hydrogen (secondary N) is 1. The molecule has 0 aliphatic rings. The zero-order chi connectivity index (χ0) is 22.6. The van der Waals surface area contributed by atoms with E-state index in [0.29, 0.717) is 0 Å². The summed E-state index contributed by atoms with van der Waals surface area (Å²) in [6.07, 6.45) is -1.25. The summed E-state index contributed by atoms with van der Waals surface area (Å²) in [4.78, 5) is 34.7. The molecule has 0 spiro atoms. The van der Waals surface area contributed by atoms with E-state index in [4.69, 9.17) is 16.3 Å². The number of anilines is 1. The molecule has 2 aromatic carbocycles. The molecule has 10 nitrogen and oxygen atoms in total. The smallest absolute Gasteiger partial charge is 0.338 e. The molecule has 0 heterocycles. The first-order valence-electron chi connectivity index (χ1n) is 8.42. The number of non-ortho nitro benzene ring substituents is 1. The zero-order valence-electron chi connectivity index (χ0n) is 16.2. The Morgan fingerprint density at radius 1 is 1.17 bits per heavy atom. The second-order valence-electron chi connectivity index (χ2n) is 6.27. The van der Waals surface area contributed by atoms with Crippen LogP contribution in [-0.2, 0) is 19.6 Å². The first kappa shape index (κ1) is 23.3. The third-order valence-corrected chi connectivity index (χ3v) is 6.10. The molecule has 0 aliphatic carbocycles. The van der Waals surface area contributed by atoms with Crippen LogP contribution in [0.4, 0.5) is 11.4 Å². The van der Waals surface area contributed by atoms with Crippen molar-refractivity contribution >= 4 is 44.9 Å². The topological polar surface area (TPSA) is 136 Å². The van der Waals surface area contributed by atoms with Crippen molar-refractivity contribution in [3.05, 3.63) is 63.2 Å². The number of amides is 1. The van der Waals surface area contributed by atoms with Gasteiger partial charge in [-0.2, -0.15) is 0 Å². The predicted octanol–water partition coefficient (Wildman–Crippen LogP) is 2.68. The number of ether oxygens (including phenoxy) is 1. The second kappa shape index (κ2) is 9.20. The summed E-state index contributed by atoms with van der Waals surface area (Å²) in [5.74, 6) is -1.60. The number of nitro benzene ring substituents is 1. The number of halogens is 1. The summed E-state index contributed by atoms with van der Waals surface area (Å²) < 4.78 is 30.2. The lowest BCUT2D eigenvalue weighted by atomic mass is 10.2. The highest BCUT2D eigenvalue weighted by molar-refractivity contribution is 7.89. The van der Waals surface area contributed by atoms with Crippen molar-refractivity contribution < 1.29 is 27.7 Å². The maximum absolute atomic E-state index is 12.3. The molecule has 0 radical (unpaired) electrons. The van der Waals surface area contributed by atoms with Crippen LogP contribution in [0.3, 0.4) is 0 Å². The van der Waals surface area contributed by atoms with E-state index in [-0.39, 0.29) is 26.9 Å². The summed E-state index contributed by atoms with van der Waals surface area (Å²) >= 11 is 5.93. The number of rotatable bonds is 7. The molecule has 0 aliphatic heterocycles. The van der Waals surface area contributed by atoms with Crippen molar-refractivity contribution in [2.24, 2.45) is 0 Å². The van der Waals surface area contributed by atoms with Crippen LogP contribution in [0.25, 0.3) is 0 Å². The van der Waals surface area contributed by atoms with E-state index >= 15 is 0 Å². The van der Waals surface area contributed by atoms with Gasteiger partial charge in [0.05, 0.1) is 26.1 Å². The number of nitrogens with zero attached hydrogens (tertiary/aromatic N) is 2. The fourth-order valence-electron chi connectivity index (χ4n) is 2.21. The maximum Gasteiger partial charge on any atom is 0.338 e. The Labute approximate surface area is 177 Å². The molecule has 0 unspecified atom stereocenters. The molecule has 0 bridgehead atoms. The summed E-state index contributed by atoms with van der Waals surface area (Å²) in [5.41, 5.74) is -0.232. The van der Waals surface area contributed by atoms with Gasteiger partial charge in [-0.05, 0) is 37.3 Å². The molecular weight excluding hydrogens is 438 g/mol. The molecule has 2 aromatic rings. The van der Waals surface area contributed by atoms with Crippen molar-refractivity contribution in [3.8, 4) is 0 Å². The lowest BCUT2D eigenvalue weighted by Crippen LogP contribution is -2.30. The minimum Gasteiger partial charge on any atom is -0.449 e. The van der Waals surface area contributed by atoms with Gasteiger partial charge in [0.15, 0.2) is 6.10 Å². The Balaban J connectivity index is 2.08. The first-order chi connectivity index (χ1) is 13.9. The van der Waals surface area contributed by atoms with Gasteiger partial charge in [-0.25, -0.2) is 17.5 Å². The highest BCUT2D eigenvalue weighted by atomic mass is 35.5. The molecule has 0 fully saturated rings. The van der Waals surface area contributed by atoms with Crippen LogP contribution in [0.1, 0.15) is 17.3 Å². The minimum atomic E-state index is -3.65. The van der Waals surface area contributed by atoms with Crippen LogP contribution in [0.2, 0.25) is 5.02 Å². The van der Waals surface area contributed by atoms with Gasteiger partial charge in [0.25, 0.3) is 11.6 Å². The van der Waals surface area contributed by atoms with E-state index < -0.39 is 32.9 Å². The Kier molecular flexibility index (Phi) is 7.13. The van der Waals surface area contributed by atoms with E-state index in [2.05, 4.69) is 5.32 Å². The van der Waals surface area contributed by atoms with Crippen LogP contribution >= 0.6 is 11.6 Å². The molecule has 30 heavy (non-hydrogen) atoms. The monoisotopic (exact) mass is 455 g/mol. The number of sulfonamides is 1. The van der Waals surface area contributed by atoms with Crippen LogP contribution in [-0.4, -0.2) is 49.7 Å². The summed E-state index contributed by atoms with van der Waals surface area (Å²) in [6.45, 7) is 1.31. The zero-order valence-corrected chi connectivity index (χ0v) is 17.7. The quantitative estimate of drug-likeness (QED) is 0.385. The molecule has 0 aromatic heterocycles. The number of esters is 1. The average molecular weight is 456 g/mol. The Morgan fingerprint density at radius 3 is 2.30 bits per heavy atom. The van der Waals surface area contributed by atoms with E-state index in [9.17, 15) is 28.1 Å². The fourth-order valence-corrected chi connectivity index (χ4v) is 3.28. The number of carbonyl (C=O) groups is 2. The summed E-state index contributed by atoms with van der Waals surface area (Å²) in [6, 6.07) is 8.55. The summed E-state index contributed by atoms with van der Waals surface area (Å²) in [5, 5.41) is 13.3. The minimum absolute atomic E-state index is 0.00277. The van der Waals surface area contributed by atoms with E-state index in [1.54, 1.807) is 0 Å². The number of carbonyl (C=O) groups excluding carboxylic acids is 2. The Morgan fingerprint density at radius 2 is 1.77 bits per heavy atom. The van der Waals surface area contributed by atoms with Gasteiger partial charge in [0, 0.05) is 26.2 Å². The lowest BCUT2D eigenvalue weighted by molar-refractivity contribution is -0.384. The van der Waals surface area contributed by atoms with Gasteiger partial charge < -0.3 is 10.1 Å². The maximum atomic E-state index is 12.3. The highest BCUT2D eigenvalue weighted by Crippen LogP contribution is 2.27. The van der Waals surface area contributed by atoms with E-state index in [1.807, 2.05) is 0 Å². The number of hydrogen-bond acceptors (Lipinski definition) is 7. The molecule has 160 valence electrons. The molecule has 2 rings (SSSR count). The summed E-state index contributed by atoms with van der Waals surface area (Å²) in [7, 11) is -0.887. The Bertz CT molecular complexity index is 1090. The molecule has 1 N–H and O–H groups in total. The predicted molar refractivity (Wildman–Crippen MR) is 109 cm³/mol. The number of nitro groups is 1. The van der Waals surface area contributed by atoms with Crippen LogP contribution in [0.15, 0.2) is 47.4 Å². The highest BCUT2D eigenvalue weighted by Gasteiger charge is 2.22. The SMILES string of the molecule is C[C@H](OC(=O)c1ccc(S(=O)(=O)N(C)C)cc1)C(=O)Nc1cc([N+](=O)[O-])ccc1Cl. The van der Waals surface area contributed by atoms with Crippen molar-refractivity contribution in [1.29, 1.82) is 0 Å². The van der Waals surface area contributed by atoms with Crippen LogP contribution < -0.4 is 5.32 Å². The van der Waals surface area contributed by atoms with Gasteiger partial charge in [-0.3, -0.25) is 14.9 Å². The van der Waals surface area contributed by atoms with Crippen molar-refractivity contribution in [1.82, 2.24) is 4.31 Å². The normalized spacial score (nSPS) is 12.3. The fraction of sp³-hybridized carbons (Fsp3) is 0.222. The largest absolute Gasteiger partial charge is 0.449 e. The van der Waals surface area contributed by atoms with Crippen molar-refractivity contribution in [3.63, 3.8) is 0 Å². The number of hydrogen-bond donors (Lipinski definition) is 1.